The van der Waals surface area contributed by atoms with Crippen LogP contribution in [-0.2, 0) is 9.53 Å². The van der Waals surface area contributed by atoms with E-state index in [4.69, 9.17) is 9.15 Å². The number of fused-ring (bicyclic) bond motifs is 1. The maximum Gasteiger partial charge on any atom is 0.331 e. The summed E-state index contributed by atoms with van der Waals surface area (Å²) in [5, 5.41) is 0.807. The number of carbonyl (C=O) groups is 2. The van der Waals surface area contributed by atoms with Gasteiger partial charge in [-0.1, -0.05) is 18.2 Å². The van der Waals surface area contributed by atoms with Crippen LogP contribution in [0.3, 0.4) is 0 Å². The fourth-order valence-corrected chi connectivity index (χ4v) is 2.65. The number of esters is 1. The van der Waals surface area contributed by atoms with Crippen LogP contribution in [0, 0.1) is 0 Å². The van der Waals surface area contributed by atoms with Gasteiger partial charge < -0.3 is 14.1 Å². The molecule has 0 amide bonds. The first kappa shape index (κ1) is 16.3. The van der Waals surface area contributed by atoms with E-state index in [-0.39, 0.29) is 5.78 Å². The molecule has 2 aromatic heterocycles. The minimum absolute atomic E-state index is 0.255. The molecule has 6 heteroatoms. The molecule has 5 nitrogen and oxygen atoms in total. The van der Waals surface area contributed by atoms with E-state index in [1.807, 2.05) is 24.3 Å². The molecule has 122 valence electrons. The van der Waals surface area contributed by atoms with Gasteiger partial charge in [-0.25, -0.2) is 4.79 Å². The van der Waals surface area contributed by atoms with Crippen molar-refractivity contribution in [1.82, 2.24) is 4.98 Å². The van der Waals surface area contributed by atoms with Crippen molar-refractivity contribution in [2.24, 2.45) is 0 Å². The van der Waals surface area contributed by atoms with E-state index >= 15 is 0 Å². The second-order valence-corrected chi connectivity index (χ2v) is 5.95. The van der Waals surface area contributed by atoms with Gasteiger partial charge in [0.05, 0.1) is 0 Å². The molecule has 0 spiro atoms. The van der Waals surface area contributed by atoms with E-state index in [0.29, 0.717) is 16.0 Å². The summed E-state index contributed by atoms with van der Waals surface area (Å²) in [5.74, 6) is -0.354. The predicted molar refractivity (Wildman–Crippen MR) is 93.6 cm³/mol. The molecule has 3 aromatic rings. The lowest BCUT2D eigenvalue weighted by molar-refractivity contribution is -0.140. The first-order chi connectivity index (χ1) is 11.5. The topological polar surface area (TPSA) is 72.3 Å². The number of Topliss-reactive ketones (excluding diaryl/α,β-unsaturated/α-hetero) is 1. The smallest absolute Gasteiger partial charge is 0.331 e. The Kier molecular flexibility index (Phi) is 4.66. The van der Waals surface area contributed by atoms with Crippen LogP contribution < -0.4 is 0 Å². The van der Waals surface area contributed by atoms with Gasteiger partial charge in [0.15, 0.2) is 10.8 Å². The lowest BCUT2D eigenvalue weighted by Crippen LogP contribution is -2.23. The number of nitrogens with one attached hydrogen (secondary N) is 1. The predicted octanol–water partition coefficient (Wildman–Crippen LogP) is 4.35. The van der Waals surface area contributed by atoms with Crippen LogP contribution in [0.15, 0.2) is 57.8 Å². The Labute approximate surface area is 146 Å². The number of ether oxygens (including phenoxy) is 1. The van der Waals surface area contributed by atoms with Crippen molar-refractivity contribution in [3.63, 3.8) is 0 Å². The second kappa shape index (κ2) is 6.88. The lowest BCUT2D eigenvalue weighted by Gasteiger charge is -2.10. The number of halogens is 1. The fraction of sp³-hybridized carbons (Fsp3) is 0.111. The third-order valence-corrected chi connectivity index (χ3v) is 3.92. The Bertz CT molecular complexity index is 922. The maximum absolute atomic E-state index is 12.5. The molecule has 1 aromatic carbocycles. The molecule has 0 aliphatic rings. The first-order valence-electron chi connectivity index (χ1n) is 7.29. The number of furan rings is 1. The Morgan fingerprint density at radius 3 is 2.79 bits per heavy atom. The summed E-state index contributed by atoms with van der Waals surface area (Å²) in [7, 11) is 0. The highest BCUT2D eigenvalue weighted by atomic mass is 79.9. The number of hydrogen-bond donors (Lipinski definition) is 1. The van der Waals surface area contributed by atoms with Crippen molar-refractivity contribution < 1.29 is 18.7 Å². The Morgan fingerprint density at radius 2 is 2.04 bits per heavy atom. The maximum atomic E-state index is 12.5. The molecule has 1 N–H and O–H groups in total. The zero-order valence-corrected chi connectivity index (χ0v) is 14.4. The van der Waals surface area contributed by atoms with Gasteiger partial charge in [-0.15, -0.1) is 0 Å². The monoisotopic (exact) mass is 387 g/mol. The number of carbonyl (C=O) groups excluding carboxylic acids is 2. The van der Waals surface area contributed by atoms with E-state index < -0.39 is 12.1 Å². The number of para-hydroxylation sites is 1. The Balaban J connectivity index is 1.67. The second-order valence-electron chi connectivity index (χ2n) is 5.17. The Hall–Kier alpha value is -2.60. The quantitative estimate of drug-likeness (QED) is 0.401. The number of aromatic amines is 1. The molecule has 0 radical (unpaired) electrons. The van der Waals surface area contributed by atoms with Gasteiger partial charge >= 0.3 is 5.97 Å². The van der Waals surface area contributed by atoms with E-state index in [9.17, 15) is 9.59 Å². The third-order valence-electron chi connectivity index (χ3n) is 3.49. The summed E-state index contributed by atoms with van der Waals surface area (Å²) in [4.78, 5) is 27.4. The third kappa shape index (κ3) is 3.49. The molecule has 0 bridgehead atoms. The minimum atomic E-state index is -0.885. The summed E-state index contributed by atoms with van der Waals surface area (Å²) >= 11 is 3.18. The highest BCUT2D eigenvalue weighted by molar-refractivity contribution is 9.10. The summed E-state index contributed by atoms with van der Waals surface area (Å²) in [5.41, 5.74) is 1.37. The zero-order valence-electron chi connectivity index (χ0n) is 12.8. The van der Waals surface area contributed by atoms with Crippen LogP contribution in [0.1, 0.15) is 23.0 Å². The van der Waals surface area contributed by atoms with Crippen LogP contribution >= 0.6 is 15.9 Å². The molecule has 0 aliphatic carbocycles. The molecule has 2 heterocycles. The Morgan fingerprint density at radius 1 is 1.25 bits per heavy atom. The number of aromatic nitrogens is 1. The van der Waals surface area contributed by atoms with E-state index in [1.165, 1.54) is 12.2 Å². The molecular weight excluding hydrogens is 374 g/mol. The van der Waals surface area contributed by atoms with Crippen LogP contribution in [-0.4, -0.2) is 22.8 Å². The molecular formula is C18H14BrNO4. The molecule has 3 rings (SSSR count). The van der Waals surface area contributed by atoms with Crippen molar-refractivity contribution in [2.75, 3.05) is 0 Å². The molecule has 0 saturated heterocycles. The van der Waals surface area contributed by atoms with Crippen molar-refractivity contribution in [1.29, 1.82) is 0 Å². The van der Waals surface area contributed by atoms with Crippen molar-refractivity contribution in [2.45, 2.75) is 13.0 Å². The number of benzene rings is 1. The summed E-state index contributed by atoms with van der Waals surface area (Å²) < 4.78 is 11.0. The zero-order chi connectivity index (χ0) is 17.1. The number of ketones is 1. The van der Waals surface area contributed by atoms with Gasteiger partial charge in [-0.2, -0.15) is 0 Å². The van der Waals surface area contributed by atoms with Crippen LogP contribution in [0.4, 0.5) is 0 Å². The molecule has 1 atom stereocenters. The molecule has 24 heavy (non-hydrogen) atoms. The number of rotatable bonds is 5. The van der Waals surface area contributed by atoms with Gasteiger partial charge in [0.25, 0.3) is 0 Å². The highest BCUT2D eigenvalue weighted by Gasteiger charge is 2.21. The van der Waals surface area contributed by atoms with Gasteiger partial charge in [0, 0.05) is 28.7 Å². The van der Waals surface area contributed by atoms with Crippen LogP contribution in [0.25, 0.3) is 17.0 Å². The van der Waals surface area contributed by atoms with Gasteiger partial charge in [0.1, 0.15) is 5.76 Å². The summed E-state index contributed by atoms with van der Waals surface area (Å²) in [6.45, 7) is 1.55. The normalized spacial score (nSPS) is 12.6. The van der Waals surface area contributed by atoms with Gasteiger partial charge in [-0.3, -0.25) is 4.79 Å². The van der Waals surface area contributed by atoms with E-state index in [1.54, 1.807) is 25.3 Å². The number of hydrogen-bond acceptors (Lipinski definition) is 4. The minimum Gasteiger partial charge on any atom is -0.451 e. The van der Waals surface area contributed by atoms with Crippen LogP contribution in [0.2, 0.25) is 0 Å². The van der Waals surface area contributed by atoms with E-state index in [2.05, 4.69) is 20.9 Å². The first-order valence-corrected chi connectivity index (χ1v) is 8.08. The summed E-state index contributed by atoms with van der Waals surface area (Å²) in [6, 6.07) is 10.9. The standard InChI is InChI=1S/C18H14BrNO4/c1-11(23-17(21)9-7-12-6-8-16(19)24-12)18(22)14-10-20-15-5-3-2-4-13(14)15/h2-11,20H,1H3/b9-7+/t11-/m1/s1. The lowest BCUT2D eigenvalue weighted by atomic mass is 10.1. The van der Waals surface area contributed by atoms with Gasteiger partial charge in [0.2, 0.25) is 5.78 Å². The molecule has 0 aliphatic heterocycles. The molecule has 0 saturated carbocycles. The van der Waals surface area contributed by atoms with Gasteiger partial charge in [-0.05, 0) is 47.1 Å². The average molecular weight is 388 g/mol. The van der Waals surface area contributed by atoms with E-state index in [0.717, 1.165) is 10.9 Å². The van der Waals surface area contributed by atoms with Crippen molar-refractivity contribution in [3.8, 4) is 0 Å². The van der Waals surface area contributed by atoms with Crippen molar-refractivity contribution >= 4 is 44.7 Å². The summed E-state index contributed by atoms with van der Waals surface area (Å²) in [6.07, 6.45) is 3.46. The van der Waals surface area contributed by atoms with Crippen LogP contribution in [0.5, 0.6) is 0 Å². The largest absolute Gasteiger partial charge is 0.451 e. The molecule has 0 fully saturated rings. The molecule has 0 unspecified atom stereocenters. The van der Waals surface area contributed by atoms with Crippen molar-refractivity contribution in [3.05, 3.63) is 64.7 Å². The highest BCUT2D eigenvalue weighted by Crippen LogP contribution is 2.20. The number of H-pyrrole nitrogens is 1. The average Bonchev–Trinajstić information content (AvgIpc) is 3.18. The fourth-order valence-electron chi connectivity index (χ4n) is 2.33. The SMILES string of the molecule is C[C@@H](OC(=O)/C=C/c1ccc(Br)o1)C(=O)c1c[nH]c2ccccc12.